The number of fused-ring (bicyclic) bond motifs is 1. The number of anilines is 4. The van der Waals surface area contributed by atoms with Gasteiger partial charge in [0.15, 0.2) is 0 Å². The van der Waals surface area contributed by atoms with E-state index in [0.29, 0.717) is 0 Å². The molecule has 5 nitrogen and oxygen atoms in total. The maximum absolute atomic E-state index is 4.56. The Bertz CT molecular complexity index is 714. The topological polar surface area (TPSA) is 45.2 Å². The van der Waals surface area contributed by atoms with Crippen LogP contribution in [0.5, 0.6) is 0 Å². The Kier molecular flexibility index (Phi) is 3.00. The number of aromatic nitrogens is 3. The molecule has 0 saturated carbocycles. The molecule has 0 amide bonds. The van der Waals surface area contributed by atoms with Crippen molar-refractivity contribution in [2.75, 3.05) is 9.62 Å². The smallest absolute Gasteiger partial charge is 0.347 e. The van der Waals surface area contributed by atoms with E-state index in [1.54, 1.807) is 6.20 Å². The molecule has 0 aliphatic carbocycles. The average Bonchev–Trinajstić information content (AvgIpc) is 2.88. The van der Waals surface area contributed by atoms with Gasteiger partial charge in [0.2, 0.25) is 0 Å². The summed E-state index contributed by atoms with van der Waals surface area (Å²) in [6, 6.07) is 15.8. The van der Waals surface area contributed by atoms with E-state index in [-0.39, 0.29) is 6.98 Å². The van der Waals surface area contributed by atoms with Gasteiger partial charge in [0.05, 0.1) is 5.69 Å². The van der Waals surface area contributed by atoms with Crippen LogP contribution in [0.4, 0.5) is 23.1 Å². The van der Waals surface area contributed by atoms with Crippen LogP contribution < -0.4 is 9.62 Å². The third-order valence-electron chi connectivity index (χ3n) is 3.79. The monoisotopic (exact) mass is 287 g/mol. The summed E-state index contributed by atoms with van der Waals surface area (Å²) in [6.45, 7) is 2.18. The van der Waals surface area contributed by atoms with Crippen molar-refractivity contribution in [3.05, 3.63) is 67.1 Å². The third-order valence-corrected chi connectivity index (χ3v) is 3.79. The molecule has 22 heavy (non-hydrogen) atoms. The third kappa shape index (κ3) is 1.92. The van der Waals surface area contributed by atoms with Gasteiger partial charge in [0, 0.05) is 18.6 Å². The second-order valence-electron chi connectivity index (χ2n) is 5.09. The molecule has 0 unspecified atom stereocenters. The van der Waals surface area contributed by atoms with Gasteiger partial charge in [-0.2, -0.15) is 0 Å². The van der Waals surface area contributed by atoms with Crippen molar-refractivity contribution in [1.82, 2.24) is 15.0 Å². The predicted octanol–water partition coefficient (Wildman–Crippen LogP) is 3.28. The van der Waals surface area contributed by atoms with Gasteiger partial charge < -0.3 is 9.62 Å². The largest absolute Gasteiger partial charge is 0.385 e. The molecule has 1 aliphatic heterocycles. The molecule has 4 rings (SSSR count). The Morgan fingerprint density at radius 2 is 1.36 bits per heavy atom. The van der Waals surface area contributed by atoms with Crippen molar-refractivity contribution in [2.45, 2.75) is 6.82 Å². The molecule has 106 valence electrons. The van der Waals surface area contributed by atoms with Crippen LogP contribution >= 0.6 is 0 Å². The molecule has 3 aromatic rings. The van der Waals surface area contributed by atoms with E-state index in [2.05, 4.69) is 37.5 Å². The minimum atomic E-state index is 0.0506. The SMILES string of the molecule is CB1N(c2ccccn2)c2cccnc2N1c1ccccn1. The second-order valence-corrected chi connectivity index (χ2v) is 5.09. The Labute approximate surface area is 129 Å². The van der Waals surface area contributed by atoms with Gasteiger partial charge in [-0.1, -0.05) is 12.1 Å². The van der Waals surface area contributed by atoms with E-state index in [4.69, 9.17) is 0 Å². The number of hydrogen-bond acceptors (Lipinski definition) is 5. The zero-order chi connectivity index (χ0) is 14.9. The maximum Gasteiger partial charge on any atom is 0.385 e. The summed E-state index contributed by atoms with van der Waals surface area (Å²) in [7, 11) is 0. The van der Waals surface area contributed by atoms with E-state index in [1.807, 2.05) is 54.9 Å². The molecule has 0 aromatic carbocycles. The number of nitrogens with zero attached hydrogens (tertiary/aromatic N) is 5. The molecule has 0 radical (unpaired) electrons. The standard InChI is InChI=1S/C16H14BN5/c1-17-21(14-8-2-4-10-18-14)13-7-6-12-20-16(13)22(17)15-9-3-5-11-19-15/h2-12H,1H3. The van der Waals surface area contributed by atoms with Crippen LogP contribution in [0.2, 0.25) is 6.82 Å². The van der Waals surface area contributed by atoms with Crippen molar-refractivity contribution < 1.29 is 0 Å². The first-order valence-corrected chi connectivity index (χ1v) is 7.22. The summed E-state index contributed by atoms with van der Waals surface area (Å²) in [5.41, 5.74) is 1.04. The molecule has 0 spiro atoms. The van der Waals surface area contributed by atoms with Gasteiger partial charge in [0.25, 0.3) is 0 Å². The zero-order valence-electron chi connectivity index (χ0n) is 12.2. The molecular weight excluding hydrogens is 273 g/mol. The highest BCUT2D eigenvalue weighted by atomic mass is 15.4. The highest BCUT2D eigenvalue weighted by molar-refractivity contribution is 6.71. The first-order valence-electron chi connectivity index (χ1n) is 7.22. The molecule has 3 aromatic heterocycles. The van der Waals surface area contributed by atoms with E-state index in [1.165, 1.54) is 0 Å². The lowest BCUT2D eigenvalue weighted by Gasteiger charge is -2.24. The minimum Gasteiger partial charge on any atom is -0.347 e. The van der Waals surface area contributed by atoms with E-state index < -0.39 is 0 Å². The fourth-order valence-corrected chi connectivity index (χ4v) is 2.86. The van der Waals surface area contributed by atoms with Crippen molar-refractivity contribution in [2.24, 2.45) is 0 Å². The summed E-state index contributed by atoms with van der Waals surface area (Å²) in [5, 5.41) is 0. The molecule has 1 aliphatic rings. The summed E-state index contributed by atoms with van der Waals surface area (Å²) in [6.07, 6.45) is 5.42. The molecule has 0 atom stereocenters. The second kappa shape index (κ2) is 5.14. The van der Waals surface area contributed by atoms with Gasteiger partial charge in [-0.05, 0) is 43.2 Å². The quantitative estimate of drug-likeness (QED) is 0.677. The van der Waals surface area contributed by atoms with E-state index in [9.17, 15) is 0 Å². The predicted molar refractivity (Wildman–Crippen MR) is 88.6 cm³/mol. The van der Waals surface area contributed by atoms with Crippen molar-refractivity contribution in [3.8, 4) is 0 Å². The zero-order valence-corrected chi connectivity index (χ0v) is 12.2. The fourth-order valence-electron chi connectivity index (χ4n) is 2.86. The average molecular weight is 287 g/mol. The van der Waals surface area contributed by atoms with Crippen LogP contribution in [-0.2, 0) is 0 Å². The van der Waals surface area contributed by atoms with Crippen LogP contribution in [0.3, 0.4) is 0 Å². The van der Waals surface area contributed by atoms with Gasteiger partial charge >= 0.3 is 6.98 Å². The van der Waals surface area contributed by atoms with Crippen LogP contribution in [-0.4, -0.2) is 21.9 Å². The Balaban J connectivity index is 1.87. The van der Waals surface area contributed by atoms with Crippen LogP contribution in [0.15, 0.2) is 67.1 Å². The Hall–Kier alpha value is -2.89. The minimum absolute atomic E-state index is 0.0506. The fraction of sp³-hybridized carbons (Fsp3) is 0.0625. The van der Waals surface area contributed by atoms with E-state index >= 15 is 0 Å². The Morgan fingerprint density at radius 1 is 0.727 bits per heavy atom. The lowest BCUT2D eigenvalue weighted by Crippen LogP contribution is -2.41. The molecule has 0 saturated heterocycles. The molecule has 6 heteroatoms. The van der Waals surface area contributed by atoms with Crippen LogP contribution in [0.25, 0.3) is 0 Å². The highest BCUT2D eigenvalue weighted by Gasteiger charge is 2.40. The summed E-state index contributed by atoms with van der Waals surface area (Å²) in [5.74, 6) is 2.69. The number of hydrogen-bond donors (Lipinski definition) is 0. The maximum atomic E-state index is 4.56. The molecular formula is C16H14BN5. The summed E-state index contributed by atoms with van der Waals surface area (Å²) in [4.78, 5) is 17.8. The summed E-state index contributed by atoms with van der Waals surface area (Å²) < 4.78 is 0. The lowest BCUT2D eigenvalue weighted by molar-refractivity contribution is 1.19. The highest BCUT2D eigenvalue weighted by Crippen LogP contribution is 2.43. The van der Waals surface area contributed by atoms with Crippen LogP contribution in [0, 0.1) is 0 Å². The van der Waals surface area contributed by atoms with Gasteiger partial charge in [-0.25, -0.2) is 15.0 Å². The number of pyridine rings is 3. The normalized spacial score (nSPS) is 13.4. The molecule has 4 heterocycles. The first-order chi connectivity index (χ1) is 10.9. The first kappa shape index (κ1) is 12.8. The van der Waals surface area contributed by atoms with Crippen LogP contribution in [0.1, 0.15) is 0 Å². The molecule has 0 bridgehead atoms. The Morgan fingerprint density at radius 3 is 2.00 bits per heavy atom. The van der Waals surface area contributed by atoms with Gasteiger partial charge in [0.1, 0.15) is 17.5 Å². The van der Waals surface area contributed by atoms with E-state index in [0.717, 1.165) is 23.1 Å². The lowest BCUT2D eigenvalue weighted by atomic mass is 9.76. The van der Waals surface area contributed by atoms with Gasteiger partial charge in [-0.15, -0.1) is 0 Å². The summed E-state index contributed by atoms with van der Waals surface area (Å²) >= 11 is 0. The number of rotatable bonds is 2. The van der Waals surface area contributed by atoms with Gasteiger partial charge in [-0.3, -0.25) is 0 Å². The molecule has 0 fully saturated rings. The van der Waals surface area contributed by atoms with Crippen molar-refractivity contribution >= 4 is 30.1 Å². The van der Waals surface area contributed by atoms with Crippen molar-refractivity contribution in [3.63, 3.8) is 0 Å². The molecule has 0 N–H and O–H groups in total. The van der Waals surface area contributed by atoms with Crippen molar-refractivity contribution in [1.29, 1.82) is 0 Å².